The van der Waals surface area contributed by atoms with Gasteiger partial charge in [-0.2, -0.15) is 0 Å². The van der Waals surface area contributed by atoms with Crippen molar-refractivity contribution in [2.24, 2.45) is 5.73 Å². The van der Waals surface area contributed by atoms with E-state index >= 15 is 0 Å². The van der Waals surface area contributed by atoms with Crippen molar-refractivity contribution in [1.29, 1.82) is 0 Å². The predicted molar refractivity (Wildman–Crippen MR) is 93.6 cm³/mol. The maximum absolute atomic E-state index is 13.3. The summed E-state index contributed by atoms with van der Waals surface area (Å²) in [5.74, 6) is -0.183. The van der Waals surface area contributed by atoms with E-state index in [0.29, 0.717) is 18.7 Å². The van der Waals surface area contributed by atoms with Crippen LogP contribution in [0, 0.1) is 5.82 Å². The molecule has 1 fully saturated rings. The molecular weight excluding hydrogens is 319 g/mol. The van der Waals surface area contributed by atoms with Crippen molar-refractivity contribution in [3.05, 3.63) is 71.7 Å². The average Bonchev–Trinajstić information content (AvgIpc) is 3.19. The first-order valence-electron chi connectivity index (χ1n) is 8.36. The highest BCUT2D eigenvalue weighted by atomic mass is 19.1. The van der Waals surface area contributed by atoms with Gasteiger partial charge in [-0.1, -0.05) is 30.3 Å². The standard InChI is InChI=1S/C20H19FN2O2/c21-15-6-7-16-14(12-25-19(16)9-15)8-20(24)23-10-17(18(22)11-23)13-4-2-1-3-5-13/h1-7,9,12,17-18H,8,10-11,22H2/t17-,18+/m0/s1. The average molecular weight is 338 g/mol. The molecule has 0 bridgehead atoms. The molecule has 2 N–H and O–H groups in total. The molecule has 1 saturated heterocycles. The highest BCUT2D eigenvalue weighted by Gasteiger charge is 2.33. The van der Waals surface area contributed by atoms with Crippen LogP contribution in [0.4, 0.5) is 4.39 Å². The van der Waals surface area contributed by atoms with Crippen LogP contribution in [-0.2, 0) is 11.2 Å². The molecular formula is C20H19FN2O2. The molecule has 0 radical (unpaired) electrons. The monoisotopic (exact) mass is 338 g/mol. The van der Waals surface area contributed by atoms with Gasteiger partial charge in [0.25, 0.3) is 0 Å². The Morgan fingerprint density at radius 2 is 2.00 bits per heavy atom. The van der Waals surface area contributed by atoms with E-state index in [1.807, 2.05) is 23.1 Å². The summed E-state index contributed by atoms with van der Waals surface area (Å²) in [5.41, 5.74) is 8.66. The number of halogens is 1. The van der Waals surface area contributed by atoms with Gasteiger partial charge in [0.2, 0.25) is 5.91 Å². The van der Waals surface area contributed by atoms with E-state index in [2.05, 4.69) is 12.1 Å². The second kappa shape index (κ2) is 6.33. The fourth-order valence-electron chi connectivity index (χ4n) is 3.55. The van der Waals surface area contributed by atoms with E-state index in [0.717, 1.165) is 16.5 Å². The second-order valence-electron chi connectivity index (χ2n) is 6.56. The Kier molecular flexibility index (Phi) is 4.01. The predicted octanol–water partition coefficient (Wildman–Crippen LogP) is 3.07. The van der Waals surface area contributed by atoms with Gasteiger partial charge in [0.05, 0.1) is 12.7 Å². The smallest absolute Gasteiger partial charge is 0.227 e. The molecule has 3 aromatic rings. The van der Waals surface area contributed by atoms with Gasteiger partial charge >= 0.3 is 0 Å². The van der Waals surface area contributed by atoms with Crippen LogP contribution in [-0.4, -0.2) is 29.9 Å². The fourth-order valence-corrected chi connectivity index (χ4v) is 3.55. The Morgan fingerprint density at radius 3 is 2.80 bits per heavy atom. The third-order valence-corrected chi connectivity index (χ3v) is 4.90. The Balaban J connectivity index is 1.50. The fraction of sp³-hybridized carbons (Fsp3) is 0.250. The topological polar surface area (TPSA) is 59.5 Å². The number of carbonyl (C=O) groups is 1. The molecule has 2 atom stereocenters. The highest BCUT2D eigenvalue weighted by molar-refractivity contribution is 5.87. The summed E-state index contributed by atoms with van der Waals surface area (Å²) in [6, 6.07) is 14.4. The minimum absolute atomic E-state index is 0.0147. The molecule has 0 saturated carbocycles. The van der Waals surface area contributed by atoms with E-state index in [1.165, 1.54) is 18.4 Å². The molecule has 25 heavy (non-hydrogen) atoms. The van der Waals surface area contributed by atoms with Crippen LogP contribution < -0.4 is 5.73 Å². The first kappa shape index (κ1) is 15.8. The third-order valence-electron chi connectivity index (χ3n) is 4.90. The largest absolute Gasteiger partial charge is 0.464 e. The summed E-state index contributed by atoms with van der Waals surface area (Å²) < 4.78 is 18.6. The normalized spacial score (nSPS) is 20.3. The Labute approximate surface area is 145 Å². The highest BCUT2D eigenvalue weighted by Crippen LogP contribution is 2.28. The Hall–Kier alpha value is -2.66. The number of hydrogen-bond acceptors (Lipinski definition) is 3. The van der Waals surface area contributed by atoms with Crippen LogP contribution in [0.3, 0.4) is 0 Å². The van der Waals surface area contributed by atoms with E-state index in [1.54, 1.807) is 6.07 Å². The van der Waals surface area contributed by atoms with Crippen LogP contribution in [0.2, 0.25) is 0 Å². The lowest BCUT2D eigenvalue weighted by Gasteiger charge is -2.16. The summed E-state index contributed by atoms with van der Waals surface area (Å²) in [7, 11) is 0. The summed E-state index contributed by atoms with van der Waals surface area (Å²) in [5, 5.41) is 0.776. The lowest BCUT2D eigenvalue weighted by Crippen LogP contribution is -2.33. The lowest BCUT2D eigenvalue weighted by atomic mass is 9.95. The van der Waals surface area contributed by atoms with Gasteiger partial charge < -0.3 is 15.1 Å². The molecule has 1 aliphatic heterocycles. The molecule has 128 valence electrons. The lowest BCUT2D eigenvalue weighted by molar-refractivity contribution is -0.129. The minimum Gasteiger partial charge on any atom is -0.464 e. The summed E-state index contributed by atoms with van der Waals surface area (Å²) >= 11 is 0. The molecule has 1 aliphatic rings. The van der Waals surface area contributed by atoms with Gasteiger partial charge in [-0.15, -0.1) is 0 Å². The van der Waals surface area contributed by atoms with Crippen LogP contribution in [0.25, 0.3) is 11.0 Å². The molecule has 4 rings (SSSR count). The first-order valence-corrected chi connectivity index (χ1v) is 8.36. The van der Waals surface area contributed by atoms with Gasteiger partial charge in [-0.25, -0.2) is 4.39 Å². The molecule has 5 heteroatoms. The van der Waals surface area contributed by atoms with Crippen LogP contribution in [0.1, 0.15) is 17.0 Å². The van der Waals surface area contributed by atoms with Crippen molar-refractivity contribution in [3.8, 4) is 0 Å². The quantitative estimate of drug-likeness (QED) is 0.798. The summed E-state index contributed by atoms with van der Waals surface area (Å²) in [6.45, 7) is 1.16. The number of amides is 1. The third kappa shape index (κ3) is 3.03. The van der Waals surface area contributed by atoms with Crippen molar-refractivity contribution in [1.82, 2.24) is 4.90 Å². The maximum atomic E-state index is 13.3. The van der Waals surface area contributed by atoms with E-state index in [-0.39, 0.29) is 30.1 Å². The van der Waals surface area contributed by atoms with Gasteiger partial charge in [-0.3, -0.25) is 4.79 Å². The first-order chi connectivity index (χ1) is 12.1. The zero-order chi connectivity index (χ0) is 17.4. The van der Waals surface area contributed by atoms with Crippen LogP contribution >= 0.6 is 0 Å². The van der Waals surface area contributed by atoms with Gasteiger partial charge in [0.1, 0.15) is 11.4 Å². The molecule has 0 unspecified atom stereocenters. The number of nitrogens with two attached hydrogens (primary N) is 1. The molecule has 0 spiro atoms. The van der Waals surface area contributed by atoms with Crippen molar-refractivity contribution >= 4 is 16.9 Å². The zero-order valence-corrected chi connectivity index (χ0v) is 13.7. The number of hydrogen-bond donors (Lipinski definition) is 1. The van der Waals surface area contributed by atoms with Crippen LogP contribution in [0.5, 0.6) is 0 Å². The van der Waals surface area contributed by atoms with Gasteiger partial charge in [0, 0.05) is 42.1 Å². The minimum atomic E-state index is -0.351. The Morgan fingerprint density at radius 1 is 1.20 bits per heavy atom. The summed E-state index contributed by atoms with van der Waals surface area (Å²) in [4.78, 5) is 14.5. The number of fused-ring (bicyclic) bond motifs is 1. The van der Waals surface area contributed by atoms with Crippen LogP contribution in [0.15, 0.2) is 59.2 Å². The maximum Gasteiger partial charge on any atom is 0.227 e. The molecule has 4 nitrogen and oxygen atoms in total. The van der Waals surface area contributed by atoms with Gasteiger partial charge in [-0.05, 0) is 17.7 Å². The van der Waals surface area contributed by atoms with Gasteiger partial charge in [0.15, 0.2) is 0 Å². The zero-order valence-electron chi connectivity index (χ0n) is 13.7. The number of carbonyl (C=O) groups excluding carboxylic acids is 1. The van der Waals surface area contributed by atoms with E-state index in [4.69, 9.17) is 10.2 Å². The van der Waals surface area contributed by atoms with E-state index < -0.39 is 0 Å². The Bertz CT molecular complexity index is 906. The number of nitrogens with zero attached hydrogens (tertiary/aromatic N) is 1. The second-order valence-corrected chi connectivity index (χ2v) is 6.56. The molecule has 0 aliphatic carbocycles. The molecule has 2 heterocycles. The van der Waals surface area contributed by atoms with Crippen molar-refractivity contribution in [2.75, 3.05) is 13.1 Å². The van der Waals surface area contributed by atoms with Crippen molar-refractivity contribution in [2.45, 2.75) is 18.4 Å². The number of furan rings is 1. The summed E-state index contributed by atoms with van der Waals surface area (Å²) in [6.07, 6.45) is 1.76. The van der Waals surface area contributed by atoms with Crippen molar-refractivity contribution in [3.63, 3.8) is 0 Å². The molecule has 1 amide bonds. The number of rotatable bonds is 3. The molecule has 1 aromatic heterocycles. The van der Waals surface area contributed by atoms with E-state index in [9.17, 15) is 9.18 Å². The van der Waals surface area contributed by atoms with Crippen molar-refractivity contribution < 1.29 is 13.6 Å². The number of likely N-dealkylation sites (tertiary alicyclic amines) is 1. The SMILES string of the molecule is N[C@@H]1CN(C(=O)Cc2coc3cc(F)ccc23)C[C@H]1c1ccccc1. The molecule has 2 aromatic carbocycles. The number of benzene rings is 2.